The molecule has 0 saturated heterocycles. The number of thioether (sulfide) groups is 1. The second kappa shape index (κ2) is 26.0. The molecule has 0 saturated carbocycles. The third-order valence-corrected chi connectivity index (χ3v) is 11.5. The first-order valence-corrected chi connectivity index (χ1v) is 22.1. The zero-order chi connectivity index (χ0) is 50.0. The van der Waals surface area contributed by atoms with Crippen LogP contribution >= 0.6 is 11.8 Å². The number of aromatic nitrogens is 1. The van der Waals surface area contributed by atoms with Crippen molar-refractivity contribution in [2.45, 2.75) is 82.4 Å². The second-order valence-electron chi connectivity index (χ2n) is 16.5. The Kier molecular flexibility index (Phi) is 21.3. The SMILES string of the molecule is CC(C)(C)[C@H](c1cc(-c2cc(F)ccc2F)cn1Cc1ccccc1)N(CC[C@H](N)C(=O)NCCNC(=O)[C@@H](CCC(=O)O)NC(=O)CNC(=O)C[C@@H](SC[C@H](N)C(=O)O)C(=O)O)C(=O)CO. The molecule has 5 atom stereocenters. The lowest BCUT2D eigenvalue weighted by atomic mass is 9.82. The highest BCUT2D eigenvalue weighted by atomic mass is 32.2. The quantitative estimate of drug-likeness (QED) is 0.0473. The highest BCUT2D eigenvalue weighted by Gasteiger charge is 2.37. The molecule has 2 aromatic carbocycles. The monoisotopic (exact) mass is 960 g/mol. The van der Waals surface area contributed by atoms with Crippen LogP contribution in [0, 0.1) is 17.0 Å². The minimum absolute atomic E-state index is 0.00182. The van der Waals surface area contributed by atoms with E-state index in [2.05, 4.69) is 21.3 Å². The van der Waals surface area contributed by atoms with Crippen LogP contribution in [0.25, 0.3) is 11.1 Å². The van der Waals surface area contributed by atoms with Crippen molar-refractivity contribution in [3.63, 3.8) is 0 Å². The molecular weight excluding hydrogens is 903 g/mol. The summed E-state index contributed by atoms with van der Waals surface area (Å²) in [6.45, 7) is 3.76. The molecule has 23 heteroatoms. The summed E-state index contributed by atoms with van der Waals surface area (Å²) < 4.78 is 31.3. The van der Waals surface area contributed by atoms with E-state index < -0.39 is 120 Å². The summed E-state index contributed by atoms with van der Waals surface area (Å²) in [7, 11) is 0. The van der Waals surface area contributed by atoms with Crippen LogP contribution in [0.1, 0.15) is 63.8 Å². The molecule has 5 amide bonds. The number of carbonyl (C=O) groups is 8. The normalized spacial score (nSPS) is 13.6. The topological polar surface area (TPSA) is 326 Å². The van der Waals surface area contributed by atoms with Gasteiger partial charge in [-0.25, -0.2) is 8.78 Å². The van der Waals surface area contributed by atoms with Gasteiger partial charge in [0.25, 0.3) is 0 Å². The Labute approximate surface area is 389 Å². The Morgan fingerprint density at radius 2 is 1.48 bits per heavy atom. The first-order valence-electron chi connectivity index (χ1n) is 21.0. The molecule has 0 bridgehead atoms. The molecule has 0 spiro atoms. The number of nitrogens with zero attached hydrogens (tertiary/aromatic N) is 2. The van der Waals surface area contributed by atoms with E-state index in [4.69, 9.17) is 16.6 Å². The van der Waals surface area contributed by atoms with Gasteiger partial charge < -0.3 is 62.6 Å². The first kappa shape index (κ1) is 54.9. The van der Waals surface area contributed by atoms with E-state index in [9.17, 15) is 58.1 Å². The fourth-order valence-corrected chi connectivity index (χ4v) is 7.84. The number of nitrogens with two attached hydrogens (primary N) is 2. The maximum absolute atomic E-state index is 15.1. The van der Waals surface area contributed by atoms with E-state index in [0.717, 1.165) is 23.8 Å². The highest BCUT2D eigenvalue weighted by Crippen LogP contribution is 2.41. The van der Waals surface area contributed by atoms with E-state index in [1.807, 2.05) is 55.7 Å². The van der Waals surface area contributed by atoms with E-state index in [1.54, 1.807) is 12.3 Å². The number of halogens is 2. The molecule has 12 N–H and O–H groups in total. The highest BCUT2D eigenvalue weighted by molar-refractivity contribution is 8.00. The molecule has 0 radical (unpaired) electrons. The summed E-state index contributed by atoms with van der Waals surface area (Å²) in [6, 6.07) is 9.31. The summed E-state index contributed by atoms with van der Waals surface area (Å²) in [4.78, 5) is 99.8. The van der Waals surface area contributed by atoms with Gasteiger partial charge in [-0.2, -0.15) is 0 Å². The average Bonchev–Trinajstić information content (AvgIpc) is 3.67. The van der Waals surface area contributed by atoms with Crippen molar-refractivity contribution in [3.05, 3.63) is 83.7 Å². The average molecular weight is 961 g/mol. The van der Waals surface area contributed by atoms with Gasteiger partial charge in [-0.05, 0) is 48.1 Å². The molecule has 1 heterocycles. The summed E-state index contributed by atoms with van der Waals surface area (Å²) in [5.74, 6) is -9.66. The lowest BCUT2D eigenvalue weighted by molar-refractivity contribution is -0.140. The van der Waals surface area contributed by atoms with Crippen LogP contribution in [0.15, 0.2) is 60.8 Å². The number of carboxylic acid groups (broad SMARTS) is 3. The van der Waals surface area contributed by atoms with Crippen molar-refractivity contribution < 1.29 is 67.6 Å². The molecule has 3 aromatic rings. The Hall–Kier alpha value is -6.43. The summed E-state index contributed by atoms with van der Waals surface area (Å²) in [6.07, 6.45) is 0.0226. The number of aliphatic hydroxyl groups excluding tert-OH is 1. The van der Waals surface area contributed by atoms with Crippen molar-refractivity contribution in [1.29, 1.82) is 0 Å². The summed E-state index contributed by atoms with van der Waals surface area (Å²) in [5, 5.41) is 45.8. The Morgan fingerprint density at radius 3 is 2.07 bits per heavy atom. The van der Waals surface area contributed by atoms with Crippen LogP contribution in [0.2, 0.25) is 0 Å². The fourth-order valence-electron chi connectivity index (χ4n) is 6.85. The number of amides is 5. The number of nitrogens with one attached hydrogen (secondary N) is 4. The smallest absolute Gasteiger partial charge is 0.321 e. The largest absolute Gasteiger partial charge is 0.481 e. The van der Waals surface area contributed by atoms with Crippen LogP contribution in [-0.2, 0) is 44.9 Å². The number of aliphatic carboxylic acids is 3. The number of benzene rings is 2. The number of hydrogen-bond donors (Lipinski definition) is 10. The molecular formula is C44H58F2N8O12S. The number of rotatable bonds is 27. The molecule has 1 aromatic heterocycles. The standard InChI is InChI=1S/C44H58F2N8O12S/c1-44(2,3)39(33-17-26(28-18-27(45)9-10-29(28)46)22-53(33)21-25-7-5-4-6-8-25)54(37(58)23-55)16-13-30(47)40(61)49-14-15-50-41(62)32(11-12-38(59)60)52-36(57)20-51-35(56)19-34(43(65)66)67-24-31(48)42(63)64/h4-10,17-18,22,30-32,34,39,55H,11-16,19-21,23-24,47-48H2,1-3H3,(H,49,61)(H,50,62)(H,51,56)(H,52,57)(H,59,60)(H,63,64)(H,65,66)/t30-,31-,32+,34+,39-/m0/s1. The van der Waals surface area contributed by atoms with Gasteiger partial charge in [0, 0.05) is 67.8 Å². The van der Waals surface area contributed by atoms with E-state index >= 15 is 4.39 Å². The first-order chi connectivity index (χ1) is 31.5. The van der Waals surface area contributed by atoms with Crippen LogP contribution in [0.4, 0.5) is 8.78 Å². The van der Waals surface area contributed by atoms with Gasteiger partial charge in [-0.15, -0.1) is 11.8 Å². The molecule has 0 aliphatic carbocycles. The lowest BCUT2D eigenvalue weighted by Gasteiger charge is -2.41. The van der Waals surface area contributed by atoms with E-state index in [-0.39, 0.29) is 50.3 Å². The molecule has 366 valence electrons. The molecule has 3 rings (SSSR count). The zero-order valence-electron chi connectivity index (χ0n) is 37.2. The molecule has 67 heavy (non-hydrogen) atoms. The van der Waals surface area contributed by atoms with E-state index in [1.165, 1.54) is 4.90 Å². The second-order valence-corrected chi connectivity index (χ2v) is 17.8. The molecule has 0 aliphatic rings. The van der Waals surface area contributed by atoms with Gasteiger partial charge >= 0.3 is 17.9 Å². The third kappa shape index (κ3) is 17.7. The minimum atomic E-state index is -1.42. The fraction of sp³-hybridized carbons (Fsp3) is 0.455. The zero-order valence-corrected chi connectivity index (χ0v) is 38.0. The maximum Gasteiger partial charge on any atom is 0.321 e. The molecule has 0 unspecified atom stereocenters. The van der Waals surface area contributed by atoms with Crippen molar-refractivity contribution in [3.8, 4) is 11.1 Å². The van der Waals surface area contributed by atoms with Gasteiger partial charge in [0.05, 0.1) is 18.6 Å². The molecule has 0 fully saturated rings. The van der Waals surface area contributed by atoms with Gasteiger partial charge in [0.2, 0.25) is 29.5 Å². The maximum atomic E-state index is 15.1. The van der Waals surface area contributed by atoms with Gasteiger partial charge in [-0.1, -0.05) is 51.1 Å². The predicted molar refractivity (Wildman–Crippen MR) is 241 cm³/mol. The summed E-state index contributed by atoms with van der Waals surface area (Å²) in [5.41, 5.74) is 12.7. The van der Waals surface area contributed by atoms with Crippen molar-refractivity contribution in [2.75, 3.05) is 38.5 Å². The third-order valence-electron chi connectivity index (χ3n) is 10.2. The lowest BCUT2D eigenvalue weighted by Crippen LogP contribution is -2.51. The minimum Gasteiger partial charge on any atom is -0.481 e. The van der Waals surface area contributed by atoms with Crippen LogP contribution in [0.3, 0.4) is 0 Å². The van der Waals surface area contributed by atoms with Crippen LogP contribution in [-0.4, -0.2) is 139 Å². The van der Waals surface area contributed by atoms with Crippen LogP contribution in [0.5, 0.6) is 0 Å². The summed E-state index contributed by atoms with van der Waals surface area (Å²) >= 11 is 0.623. The van der Waals surface area contributed by atoms with Crippen molar-refractivity contribution in [1.82, 2.24) is 30.7 Å². The number of hydrogen-bond acceptors (Lipinski definition) is 12. The molecule has 20 nitrogen and oxygen atoms in total. The van der Waals surface area contributed by atoms with Gasteiger partial charge in [0.15, 0.2) is 0 Å². The Bertz CT molecular complexity index is 2230. The van der Waals surface area contributed by atoms with Gasteiger partial charge in [-0.3, -0.25) is 38.4 Å². The van der Waals surface area contributed by atoms with Crippen molar-refractivity contribution in [2.24, 2.45) is 16.9 Å². The molecule has 0 aliphatic heterocycles. The van der Waals surface area contributed by atoms with Gasteiger partial charge in [0.1, 0.15) is 35.6 Å². The number of carbonyl (C=O) groups excluding carboxylic acids is 5. The van der Waals surface area contributed by atoms with Crippen molar-refractivity contribution >= 4 is 59.2 Å². The van der Waals surface area contributed by atoms with E-state index in [0.29, 0.717) is 23.0 Å². The number of carboxylic acids is 3. The number of aliphatic hydroxyl groups is 1. The Balaban J connectivity index is 1.65. The van der Waals surface area contributed by atoms with Crippen LogP contribution < -0.4 is 32.7 Å². The predicted octanol–water partition coefficient (Wildman–Crippen LogP) is 0.794. The Morgan fingerprint density at radius 1 is 0.821 bits per heavy atom.